The van der Waals surface area contributed by atoms with Gasteiger partial charge in [0.1, 0.15) is 10.9 Å². The van der Waals surface area contributed by atoms with Gasteiger partial charge in [-0.3, -0.25) is 0 Å². The molecule has 0 amide bonds. The van der Waals surface area contributed by atoms with Crippen LogP contribution in [0.2, 0.25) is 0 Å². The molecule has 16 heavy (non-hydrogen) atoms. The summed E-state index contributed by atoms with van der Waals surface area (Å²) in [5.41, 5.74) is 0.187. The number of aromatic nitrogens is 2. The minimum Gasteiger partial charge on any atom is -0.478 e. The fraction of sp³-hybridized carbons (Fsp3) is 0.300. The molecule has 0 unspecified atom stereocenters. The van der Waals surface area contributed by atoms with Crippen LogP contribution in [-0.2, 0) is 4.79 Å². The first-order chi connectivity index (χ1) is 7.59. The van der Waals surface area contributed by atoms with Crippen molar-refractivity contribution in [1.29, 1.82) is 0 Å². The molecule has 0 aliphatic rings. The number of carboxylic acid groups (broad SMARTS) is 1. The SMILES string of the molecule is C=C(CCCOc1cc(Br)ncn1)C(=O)O. The van der Waals surface area contributed by atoms with Gasteiger partial charge in [-0.05, 0) is 28.8 Å². The van der Waals surface area contributed by atoms with E-state index in [0.29, 0.717) is 29.9 Å². The lowest BCUT2D eigenvalue weighted by atomic mass is 10.2. The summed E-state index contributed by atoms with van der Waals surface area (Å²) in [6, 6.07) is 1.64. The number of ether oxygens (including phenoxy) is 1. The molecule has 0 fully saturated rings. The lowest BCUT2D eigenvalue weighted by Gasteiger charge is -2.04. The fourth-order valence-corrected chi connectivity index (χ4v) is 1.25. The van der Waals surface area contributed by atoms with E-state index in [1.165, 1.54) is 6.33 Å². The third-order valence-corrected chi connectivity index (χ3v) is 2.22. The molecule has 1 N–H and O–H groups in total. The second-order valence-corrected chi connectivity index (χ2v) is 3.85. The Kier molecular flexibility index (Phi) is 4.91. The highest BCUT2D eigenvalue weighted by Crippen LogP contribution is 2.12. The number of carbonyl (C=O) groups is 1. The van der Waals surface area contributed by atoms with Gasteiger partial charge >= 0.3 is 5.97 Å². The van der Waals surface area contributed by atoms with Crippen LogP contribution < -0.4 is 4.74 Å². The summed E-state index contributed by atoms with van der Waals surface area (Å²) >= 11 is 3.19. The van der Waals surface area contributed by atoms with E-state index < -0.39 is 5.97 Å². The van der Waals surface area contributed by atoms with Crippen molar-refractivity contribution in [2.75, 3.05) is 6.61 Å². The molecule has 0 aromatic carbocycles. The predicted octanol–water partition coefficient (Wildman–Crippen LogP) is 2.04. The molecule has 0 saturated heterocycles. The van der Waals surface area contributed by atoms with Crippen molar-refractivity contribution in [3.05, 3.63) is 29.1 Å². The van der Waals surface area contributed by atoms with Crippen LogP contribution in [0.25, 0.3) is 0 Å². The highest BCUT2D eigenvalue weighted by Gasteiger charge is 2.03. The number of aliphatic carboxylic acids is 1. The Morgan fingerprint density at radius 1 is 1.56 bits per heavy atom. The standard InChI is InChI=1S/C10H11BrN2O3/c1-7(10(14)15)3-2-4-16-9-5-8(11)12-6-13-9/h5-6H,1-4H2,(H,14,15). The summed E-state index contributed by atoms with van der Waals surface area (Å²) < 4.78 is 5.95. The van der Waals surface area contributed by atoms with E-state index in [0.717, 1.165) is 0 Å². The smallest absolute Gasteiger partial charge is 0.330 e. The van der Waals surface area contributed by atoms with Gasteiger partial charge in [-0.2, -0.15) is 0 Å². The van der Waals surface area contributed by atoms with Crippen LogP contribution in [-0.4, -0.2) is 27.7 Å². The number of hydrogen-bond acceptors (Lipinski definition) is 4. The first-order valence-corrected chi connectivity index (χ1v) is 5.40. The Morgan fingerprint density at radius 2 is 2.31 bits per heavy atom. The van der Waals surface area contributed by atoms with Crippen molar-refractivity contribution in [2.45, 2.75) is 12.8 Å². The first kappa shape index (κ1) is 12.6. The van der Waals surface area contributed by atoms with Crippen LogP contribution in [0.3, 0.4) is 0 Å². The lowest BCUT2D eigenvalue weighted by molar-refractivity contribution is -0.132. The molecule has 0 atom stereocenters. The number of nitrogens with zero attached hydrogens (tertiary/aromatic N) is 2. The molecule has 0 saturated carbocycles. The molecule has 0 spiro atoms. The zero-order valence-corrected chi connectivity index (χ0v) is 10.1. The normalized spacial score (nSPS) is 9.81. The lowest BCUT2D eigenvalue weighted by Crippen LogP contribution is -2.03. The number of halogens is 1. The average molecular weight is 287 g/mol. The molecule has 0 bridgehead atoms. The second kappa shape index (κ2) is 6.22. The van der Waals surface area contributed by atoms with E-state index in [9.17, 15) is 4.79 Å². The molecule has 1 heterocycles. The largest absolute Gasteiger partial charge is 0.478 e. The molecule has 1 aromatic rings. The van der Waals surface area contributed by atoms with Crippen molar-refractivity contribution in [2.24, 2.45) is 0 Å². The molecule has 0 radical (unpaired) electrons. The highest BCUT2D eigenvalue weighted by atomic mass is 79.9. The number of rotatable bonds is 6. The molecule has 1 aromatic heterocycles. The maximum absolute atomic E-state index is 10.4. The van der Waals surface area contributed by atoms with E-state index in [1.807, 2.05) is 0 Å². The Bertz CT molecular complexity index is 395. The summed E-state index contributed by atoms with van der Waals surface area (Å²) in [6.07, 6.45) is 2.38. The van der Waals surface area contributed by atoms with Gasteiger partial charge in [-0.1, -0.05) is 6.58 Å². The molecule has 86 valence electrons. The van der Waals surface area contributed by atoms with E-state index in [-0.39, 0.29) is 5.57 Å². The van der Waals surface area contributed by atoms with Crippen molar-refractivity contribution >= 4 is 21.9 Å². The Labute approximate surface area is 101 Å². The average Bonchev–Trinajstić information content (AvgIpc) is 2.24. The van der Waals surface area contributed by atoms with Crippen molar-refractivity contribution in [1.82, 2.24) is 9.97 Å². The zero-order chi connectivity index (χ0) is 12.0. The van der Waals surface area contributed by atoms with Crippen LogP contribution in [0.15, 0.2) is 29.1 Å². The van der Waals surface area contributed by atoms with Gasteiger partial charge in [-0.25, -0.2) is 14.8 Å². The summed E-state index contributed by atoms with van der Waals surface area (Å²) in [6.45, 7) is 3.82. The molecule has 0 aliphatic carbocycles. The second-order valence-electron chi connectivity index (χ2n) is 3.04. The first-order valence-electron chi connectivity index (χ1n) is 4.61. The van der Waals surface area contributed by atoms with E-state index in [2.05, 4.69) is 32.5 Å². The van der Waals surface area contributed by atoms with Gasteiger partial charge in [0, 0.05) is 11.6 Å². The van der Waals surface area contributed by atoms with Crippen LogP contribution in [0, 0.1) is 0 Å². The van der Waals surface area contributed by atoms with Gasteiger partial charge in [0.2, 0.25) is 5.88 Å². The van der Waals surface area contributed by atoms with Crippen molar-refractivity contribution < 1.29 is 14.6 Å². The van der Waals surface area contributed by atoms with Gasteiger partial charge < -0.3 is 9.84 Å². The molecule has 1 rings (SSSR count). The summed E-state index contributed by atoms with van der Waals surface area (Å²) in [5, 5.41) is 8.57. The maximum atomic E-state index is 10.4. The summed E-state index contributed by atoms with van der Waals surface area (Å²) in [5.74, 6) is -0.507. The van der Waals surface area contributed by atoms with Gasteiger partial charge in [0.25, 0.3) is 0 Å². The summed E-state index contributed by atoms with van der Waals surface area (Å²) in [7, 11) is 0. The molecule has 0 aliphatic heterocycles. The minimum absolute atomic E-state index is 0.187. The monoisotopic (exact) mass is 286 g/mol. The van der Waals surface area contributed by atoms with E-state index in [4.69, 9.17) is 9.84 Å². The predicted molar refractivity (Wildman–Crippen MR) is 61.2 cm³/mol. The maximum Gasteiger partial charge on any atom is 0.330 e. The zero-order valence-electron chi connectivity index (χ0n) is 8.52. The van der Waals surface area contributed by atoms with Gasteiger partial charge in [0.05, 0.1) is 6.61 Å². The van der Waals surface area contributed by atoms with Crippen molar-refractivity contribution in [3.63, 3.8) is 0 Å². The van der Waals surface area contributed by atoms with Crippen molar-refractivity contribution in [3.8, 4) is 5.88 Å². The quantitative estimate of drug-likeness (QED) is 0.492. The Hall–Kier alpha value is -1.43. The number of carboxylic acids is 1. The fourth-order valence-electron chi connectivity index (χ4n) is 0.966. The third-order valence-electron chi connectivity index (χ3n) is 1.78. The van der Waals surface area contributed by atoms with Crippen LogP contribution in [0.5, 0.6) is 5.88 Å². The highest BCUT2D eigenvalue weighted by molar-refractivity contribution is 9.10. The van der Waals surface area contributed by atoms with Crippen LogP contribution in [0.4, 0.5) is 0 Å². The molecular weight excluding hydrogens is 276 g/mol. The Morgan fingerprint density at radius 3 is 2.94 bits per heavy atom. The minimum atomic E-state index is -0.968. The van der Waals surface area contributed by atoms with E-state index >= 15 is 0 Å². The van der Waals surface area contributed by atoms with Gasteiger partial charge in [0.15, 0.2) is 0 Å². The van der Waals surface area contributed by atoms with Crippen LogP contribution >= 0.6 is 15.9 Å². The molecule has 6 heteroatoms. The molecule has 5 nitrogen and oxygen atoms in total. The van der Waals surface area contributed by atoms with E-state index in [1.54, 1.807) is 6.07 Å². The van der Waals surface area contributed by atoms with Crippen LogP contribution in [0.1, 0.15) is 12.8 Å². The number of hydrogen-bond donors (Lipinski definition) is 1. The van der Waals surface area contributed by atoms with Gasteiger partial charge in [-0.15, -0.1) is 0 Å². The Balaban J connectivity index is 2.26. The topological polar surface area (TPSA) is 72.3 Å². The molecular formula is C10H11BrN2O3. The summed E-state index contributed by atoms with van der Waals surface area (Å²) in [4.78, 5) is 18.2. The third kappa shape index (κ3) is 4.39.